The molecule has 0 fully saturated rings. The molecule has 0 saturated carbocycles. The van der Waals surface area contributed by atoms with Crippen LogP contribution in [0.1, 0.15) is 11.1 Å². The third-order valence-electron chi connectivity index (χ3n) is 3.09. The van der Waals surface area contributed by atoms with Gasteiger partial charge in [-0.25, -0.2) is 22.0 Å². The van der Waals surface area contributed by atoms with E-state index < -0.39 is 40.2 Å². The zero-order valence-corrected chi connectivity index (χ0v) is 10.6. The lowest BCUT2D eigenvalue weighted by Gasteiger charge is -2.13. The molecule has 2 aromatic carbocycles. The maximum absolute atomic E-state index is 14.0. The third kappa shape index (κ3) is 2.09. The van der Waals surface area contributed by atoms with Crippen molar-refractivity contribution in [3.63, 3.8) is 0 Å². The first-order chi connectivity index (χ1) is 9.25. The lowest BCUT2D eigenvalue weighted by Crippen LogP contribution is -2.13. The van der Waals surface area contributed by atoms with Crippen LogP contribution in [0.25, 0.3) is 11.1 Å². The Morgan fingerprint density at radius 2 is 1.25 bits per heavy atom. The highest BCUT2D eigenvalue weighted by Gasteiger charge is 2.25. The van der Waals surface area contributed by atoms with Crippen LogP contribution in [-0.2, 0) is 0 Å². The summed E-state index contributed by atoms with van der Waals surface area (Å²) in [6, 6.07) is 1.42. The summed E-state index contributed by atoms with van der Waals surface area (Å²) in [5.41, 5.74) is -2.70. The summed E-state index contributed by atoms with van der Waals surface area (Å²) < 4.78 is 68.9. The molecular formula is C14H8BF5. The van der Waals surface area contributed by atoms with Gasteiger partial charge in [0.05, 0.1) is 11.1 Å². The van der Waals surface area contributed by atoms with Crippen molar-refractivity contribution in [3.8, 4) is 11.1 Å². The molecule has 102 valence electrons. The lowest BCUT2D eigenvalue weighted by atomic mass is 9.87. The van der Waals surface area contributed by atoms with Crippen LogP contribution in [-0.4, -0.2) is 7.85 Å². The number of rotatable bonds is 1. The molecule has 0 nitrogen and oxygen atoms in total. The summed E-state index contributed by atoms with van der Waals surface area (Å²) in [4.78, 5) is 0. The van der Waals surface area contributed by atoms with Gasteiger partial charge >= 0.3 is 0 Å². The second-order valence-corrected chi connectivity index (χ2v) is 4.44. The number of halogens is 5. The summed E-state index contributed by atoms with van der Waals surface area (Å²) in [5.74, 6) is -6.71. The Labute approximate surface area is 113 Å². The van der Waals surface area contributed by atoms with Crippen molar-refractivity contribution in [3.05, 3.63) is 52.3 Å². The number of hydrogen-bond acceptors (Lipinski definition) is 0. The largest absolute Gasteiger partial charge is 0.206 e. The molecule has 0 aliphatic heterocycles. The van der Waals surface area contributed by atoms with Crippen molar-refractivity contribution in [2.24, 2.45) is 0 Å². The highest BCUT2D eigenvalue weighted by atomic mass is 19.2. The Hall–Kier alpha value is -1.85. The molecule has 0 N–H and O–H groups in total. The van der Waals surface area contributed by atoms with Crippen LogP contribution in [0, 0.1) is 42.9 Å². The molecule has 0 saturated heterocycles. The number of hydrogen-bond donors (Lipinski definition) is 0. The zero-order chi connectivity index (χ0) is 15.2. The van der Waals surface area contributed by atoms with E-state index in [9.17, 15) is 22.0 Å². The van der Waals surface area contributed by atoms with Gasteiger partial charge in [0.15, 0.2) is 11.6 Å². The van der Waals surface area contributed by atoms with Crippen LogP contribution in [0.2, 0.25) is 0 Å². The molecule has 2 rings (SSSR count). The summed E-state index contributed by atoms with van der Waals surface area (Å²) in [6.45, 7) is 2.38. The SMILES string of the molecule is [B]c1cc(F)c(-c2c(F)cc(C)c(F)c2F)c(F)c1C. The zero-order valence-electron chi connectivity index (χ0n) is 10.6. The van der Waals surface area contributed by atoms with Crippen molar-refractivity contribution >= 4 is 13.3 Å². The number of aryl methyl sites for hydroxylation is 1. The molecule has 2 radical (unpaired) electrons. The first kappa shape index (κ1) is 14.6. The van der Waals surface area contributed by atoms with E-state index >= 15 is 0 Å². The average molecular weight is 282 g/mol. The molecule has 0 aliphatic carbocycles. The van der Waals surface area contributed by atoms with Gasteiger partial charge in [0.25, 0.3) is 0 Å². The quantitative estimate of drug-likeness (QED) is 0.427. The van der Waals surface area contributed by atoms with E-state index in [0.29, 0.717) is 6.07 Å². The van der Waals surface area contributed by atoms with E-state index in [-0.39, 0.29) is 16.6 Å². The van der Waals surface area contributed by atoms with E-state index in [1.807, 2.05) is 0 Å². The van der Waals surface area contributed by atoms with Gasteiger partial charge in [0, 0.05) is 0 Å². The minimum Gasteiger partial charge on any atom is -0.206 e. The smallest absolute Gasteiger partial charge is 0.170 e. The summed E-state index contributed by atoms with van der Waals surface area (Å²) >= 11 is 0. The topological polar surface area (TPSA) is 0 Å². The van der Waals surface area contributed by atoms with Crippen LogP contribution in [0.4, 0.5) is 22.0 Å². The van der Waals surface area contributed by atoms with Gasteiger partial charge in [0.2, 0.25) is 0 Å². The Morgan fingerprint density at radius 1 is 0.750 bits per heavy atom. The normalized spacial score (nSPS) is 10.9. The van der Waals surface area contributed by atoms with Crippen LogP contribution < -0.4 is 5.46 Å². The van der Waals surface area contributed by atoms with Gasteiger partial charge < -0.3 is 0 Å². The average Bonchev–Trinajstić information content (AvgIpc) is 2.37. The van der Waals surface area contributed by atoms with Gasteiger partial charge in [-0.3, -0.25) is 0 Å². The Morgan fingerprint density at radius 3 is 1.85 bits per heavy atom. The maximum Gasteiger partial charge on any atom is 0.170 e. The van der Waals surface area contributed by atoms with E-state index in [2.05, 4.69) is 0 Å². The van der Waals surface area contributed by atoms with Crippen molar-refractivity contribution in [2.75, 3.05) is 0 Å². The molecule has 0 aliphatic rings. The van der Waals surface area contributed by atoms with Crippen LogP contribution in [0.3, 0.4) is 0 Å². The Balaban J connectivity index is 2.90. The fourth-order valence-corrected chi connectivity index (χ4v) is 1.91. The van der Waals surface area contributed by atoms with Gasteiger partial charge in [-0.15, -0.1) is 0 Å². The highest BCUT2D eigenvalue weighted by Crippen LogP contribution is 2.33. The number of benzene rings is 2. The second-order valence-electron chi connectivity index (χ2n) is 4.44. The van der Waals surface area contributed by atoms with Crippen molar-refractivity contribution < 1.29 is 22.0 Å². The molecule has 0 amide bonds. The molecule has 2 aromatic rings. The summed E-state index contributed by atoms with van der Waals surface area (Å²) in [5, 5.41) is 0. The lowest BCUT2D eigenvalue weighted by molar-refractivity contribution is 0.489. The first-order valence-corrected chi connectivity index (χ1v) is 5.64. The van der Waals surface area contributed by atoms with Crippen LogP contribution in [0.15, 0.2) is 12.1 Å². The molecule has 0 unspecified atom stereocenters. The second kappa shape index (κ2) is 4.92. The Bertz CT molecular complexity index is 648. The van der Waals surface area contributed by atoms with Gasteiger partial charge in [0.1, 0.15) is 25.3 Å². The van der Waals surface area contributed by atoms with E-state index in [4.69, 9.17) is 7.85 Å². The minimum absolute atomic E-state index is 0.166. The fourth-order valence-electron chi connectivity index (χ4n) is 1.91. The molecule has 0 atom stereocenters. The predicted molar refractivity (Wildman–Crippen MR) is 66.5 cm³/mol. The molecular weight excluding hydrogens is 274 g/mol. The summed E-state index contributed by atoms with van der Waals surface area (Å²) in [6.07, 6.45) is 0. The Kier molecular flexibility index (Phi) is 3.58. The highest BCUT2D eigenvalue weighted by molar-refractivity contribution is 6.33. The van der Waals surface area contributed by atoms with Gasteiger partial charge in [-0.1, -0.05) is 5.46 Å². The third-order valence-corrected chi connectivity index (χ3v) is 3.09. The molecule has 0 spiro atoms. The van der Waals surface area contributed by atoms with Crippen molar-refractivity contribution in [2.45, 2.75) is 13.8 Å². The molecule has 6 heteroatoms. The van der Waals surface area contributed by atoms with E-state index in [1.54, 1.807) is 0 Å². The van der Waals surface area contributed by atoms with Crippen molar-refractivity contribution in [1.82, 2.24) is 0 Å². The molecule has 0 bridgehead atoms. The van der Waals surface area contributed by atoms with E-state index in [0.717, 1.165) is 13.0 Å². The first-order valence-electron chi connectivity index (χ1n) is 5.64. The maximum atomic E-state index is 14.0. The monoisotopic (exact) mass is 282 g/mol. The molecule has 0 aromatic heterocycles. The van der Waals surface area contributed by atoms with Gasteiger partial charge in [-0.05, 0) is 37.1 Å². The minimum atomic E-state index is -1.63. The van der Waals surface area contributed by atoms with E-state index in [1.165, 1.54) is 6.92 Å². The predicted octanol–water partition coefficient (Wildman–Crippen LogP) is 3.46. The standard InChI is InChI=1S/C14H8BF5/c1-5-3-8(16)11(14(20)12(5)18)10-9(17)4-7(15)6(2)13(10)19/h3-4H,1-2H3. The van der Waals surface area contributed by atoms with Crippen LogP contribution in [0.5, 0.6) is 0 Å². The fraction of sp³-hybridized carbons (Fsp3) is 0.143. The molecule has 0 heterocycles. The molecule has 20 heavy (non-hydrogen) atoms. The van der Waals surface area contributed by atoms with Crippen molar-refractivity contribution in [1.29, 1.82) is 0 Å². The summed E-state index contributed by atoms with van der Waals surface area (Å²) in [7, 11) is 5.36. The van der Waals surface area contributed by atoms with Gasteiger partial charge in [-0.2, -0.15) is 0 Å². The van der Waals surface area contributed by atoms with Crippen LogP contribution >= 0.6 is 0 Å².